The molecule has 3 aromatic rings. The molecule has 1 aromatic carbocycles. The number of benzene rings is 1. The number of pyridine rings is 1. The van der Waals surface area contributed by atoms with E-state index in [9.17, 15) is 5.11 Å². The van der Waals surface area contributed by atoms with Gasteiger partial charge in [0.05, 0.1) is 13.2 Å². The molecule has 126 valence electrons. The van der Waals surface area contributed by atoms with Crippen molar-refractivity contribution in [2.75, 3.05) is 13.7 Å². The molecule has 2 aromatic heterocycles. The van der Waals surface area contributed by atoms with E-state index in [1.807, 2.05) is 25.4 Å². The molecule has 0 amide bonds. The van der Waals surface area contributed by atoms with Gasteiger partial charge >= 0.3 is 0 Å². The van der Waals surface area contributed by atoms with E-state index in [0.717, 1.165) is 35.2 Å². The van der Waals surface area contributed by atoms with Gasteiger partial charge in [0.15, 0.2) is 0 Å². The molecule has 5 heteroatoms. The first-order valence-electron chi connectivity index (χ1n) is 8.48. The van der Waals surface area contributed by atoms with Gasteiger partial charge < -0.3 is 5.11 Å². The first-order valence-corrected chi connectivity index (χ1v) is 8.48. The second-order valence-corrected chi connectivity index (χ2v) is 6.16. The van der Waals surface area contributed by atoms with Crippen LogP contribution in [0.1, 0.15) is 17.5 Å². The van der Waals surface area contributed by atoms with Crippen LogP contribution in [0.15, 0.2) is 53.9 Å². The molecular formula is C20H20N4O. The highest BCUT2D eigenvalue weighted by molar-refractivity contribution is 6.05. The van der Waals surface area contributed by atoms with Crippen molar-refractivity contribution in [3.8, 4) is 22.4 Å². The molecule has 0 saturated heterocycles. The smallest absolute Gasteiger partial charge is 0.100 e. The van der Waals surface area contributed by atoms with Crippen molar-refractivity contribution in [1.82, 2.24) is 14.8 Å². The normalized spacial score (nSPS) is 14.9. The van der Waals surface area contributed by atoms with Gasteiger partial charge in [0, 0.05) is 42.5 Å². The summed E-state index contributed by atoms with van der Waals surface area (Å²) in [6.45, 7) is 0.549. The summed E-state index contributed by atoms with van der Waals surface area (Å²) in [5, 5.41) is 13.9. The number of aliphatic hydroxyl groups excluding tert-OH is 1. The highest BCUT2D eigenvalue weighted by Crippen LogP contribution is 2.34. The third-order valence-electron chi connectivity index (χ3n) is 4.67. The predicted molar refractivity (Wildman–Crippen MR) is 98.8 cm³/mol. The molecule has 0 saturated carbocycles. The number of nitrogens with zero attached hydrogens (tertiary/aromatic N) is 4. The molecule has 0 fully saturated rings. The lowest BCUT2D eigenvalue weighted by molar-refractivity contribution is 0.269. The van der Waals surface area contributed by atoms with E-state index in [0.29, 0.717) is 6.54 Å². The maximum absolute atomic E-state index is 9.26. The molecule has 1 aliphatic rings. The Morgan fingerprint density at radius 1 is 1.08 bits per heavy atom. The number of fused-ring (bicyclic) bond motifs is 1. The average molecular weight is 332 g/mol. The van der Waals surface area contributed by atoms with Gasteiger partial charge in [0.25, 0.3) is 0 Å². The van der Waals surface area contributed by atoms with Crippen molar-refractivity contribution in [2.24, 2.45) is 4.99 Å². The number of aliphatic hydroxyl groups is 1. The van der Waals surface area contributed by atoms with Crippen LogP contribution in [-0.4, -0.2) is 39.2 Å². The van der Waals surface area contributed by atoms with Crippen molar-refractivity contribution in [2.45, 2.75) is 19.4 Å². The summed E-state index contributed by atoms with van der Waals surface area (Å²) in [7, 11) is 1.86. The fraction of sp³-hybridized carbons (Fsp3) is 0.250. The summed E-state index contributed by atoms with van der Waals surface area (Å²) in [5.41, 5.74) is 7.95. The molecule has 0 spiro atoms. The van der Waals surface area contributed by atoms with E-state index in [-0.39, 0.29) is 6.61 Å². The number of hydrogen-bond donors (Lipinski definition) is 1. The van der Waals surface area contributed by atoms with Crippen LogP contribution in [0.4, 0.5) is 0 Å². The van der Waals surface area contributed by atoms with Crippen molar-refractivity contribution in [3.63, 3.8) is 0 Å². The van der Waals surface area contributed by atoms with Gasteiger partial charge in [0.1, 0.15) is 5.69 Å². The monoisotopic (exact) mass is 332 g/mol. The summed E-state index contributed by atoms with van der Waals surface area (Å²) < 4.78 is 1.80. The van der Waals surface area contributed by atoms with Gasteiger partial charge in [0.2, 0.25) is 0 Å². The molecule has 4 rings (SSSR count). The minimum Gasteiger partial charge on any atom is -0.394 e. The van der Waals surface area contributed by atoms with E-state index < -0.39 is 0 Å². The zero-order chi connectivity index (χ0) is 17.2. The molecule has 1 aliphatic carbocycles. The summed E-state index contributed by atoms with van der Waals surface area (Å²) in [4.78, 5) is 8.48. The van der Waals surface area contributed by atoms with Crippen LogP contribution in [0.2, 0.25) is 0 Å². The van der Waals surface area contributed by atoms with E-state index in [1.54, 1.807) is 17.1 Å². The fourth-order valence-corrected chi connectivity index (χ4v) is 3.44. The van der Waals surface area contributed by atoms with Gasteiger partial charge in [-0.3, -0.25) is 14.7 Å². The van der Waals surface area contributed by atoms with Crippen LogP contribution in [0.25, 0.3) is 22.4 Å². The first kappa shape index (κ1) is 15.7. The fourth-order valence-electron chi connectivity index (χ4n) is 3.44. The predicted octanol–water partition coefficient (Wildman–Crippen LogP) is 2.97. The summed E-state index contributed by atoms with van der Waals surface area (Å²) in [6.07, 6.45) is 7.60. The van der Waals surface area contributed by atoms with Crippen molar-refractivity contribution in [3.05, 3.63) is 60.0 Å². The van der Waals surface area contributed by atoms with Gasteiger partial charge in [-0.25, -0.2) is 0 Å². The van der Waals surface area contributed by atoms with Crippen LogP contribution >= 0.6 is 0 Å². The molecule has 0 radical (unpaired) electrons. The van der Waals surface area contributed by atoms with E-state index in [1.165, 1.54) is 16.8 Å². The molecule has 0 aliphatic heterocycles. The molecule has 5 nitrogen and oxygen atoms in total. The summed E-state index contributed by atoms with van der Waals surface area (Å²) in [5.74, 6) is 0. The zero-order valence-electron chi connectivity index (χ0n) is 14.2. The Balaban J connectivity index is 1.82. The van der Waals surface area contributed by atoms with Crippen LogP contribution in [0.5, 0.6) is 0 Å². The molecule has 1 N–H and O–H groups in total. The molecule has 0 atom stereocenters. The Kier molecular flexibility index (Phi) is 4.15. The maximum atomic E-state index is 9.26. The topological polar surface area (TPSA) is 63.3 Å². The highest BCUT2D eigenvalue weighted by Gasteiger charge is 2.19. The summed E-state index contributed by atoms with van der Waals surface area (Å²) >= 11 is 0. The van der Waals surface area contributed by atoms with Crippen LogP contribution in [0, 0.1) is 0 Å². The van der Waals surface area contributed by atoms with E-state index in [4.69, 9.17) is 0 Å². The number of aryl methyl sites for hydroxylation is 1. The second-order valence-electron chi connectivity index (χ2n) is 6.16. The van der Waals surface area contributed by atoms with Gasteiger partial charge in [-0.2, -0.15) is 5.10 Å². The average Bonchev–Trinajstić information content (AvgIpc) is 3.26. The lowest BCUT2D eigenvalue weighted by atomic mass is 9.98. The van der Waals surface area contributed by atoms with Gasteiger partial charge in [-0.15, -0.1) is 0 Å². The molecule has 25 heavy (non-hydrogen) atoms. The number of aromatic nitrogens is 3. The molecule has 2 heterocycles. The Bertz CT molecular complexity index is 928. The van der Waals surface area contributed by atoms with Crippen LogP contribution < -0.4 is 0 Å². The van der Waals surface area contributed by atoms with Gasteiger partial charge in [-0.1, -0.05) is 18.2 Å². The molecular weight excluding hydrogens is 312 g/mol. The van der Waals surface area contributed by atoms with Gasteiger partial charge in [-0.05, 0) is 41.7 Å². The second kappa shape index (κ2) is 6.61. The third kappa shape index (κ3) is 2.87. The quantitative estimate of drug-likeness (QED) is 0.799. The standard InChI is InChI=1S/C20H20N4O/c1-21-19-5-3-15-12-16(2-4-17(15)19)18-13-24(10-11-25)23-20(18)14-6-8-22-9-7-14/h2,4,6-9,12-13,25H,3,5,10-11H2,1H3/b21-19+. The van der Waals surface area contributed by atoms with Crippen LogP contribution in [-0.2, 0) is 13.0 Å². The van der Waals surface area contributed by atoms with Crippen molar-refractivity contribution >= 4 is 5.71 Å². The van der Waals surface area contributed by atoms with Crippen molar-refractivity contribution in [1.29, 1.82) is 0 Å². The summed E-state index contributed by atoms with van der Waals surface area (Å²) in [6, 6.07) is 10.5. The highest BCUT2D eigenvalue weighted by atomic mass is 16.3. The Morgan fingerprint density at radius 3 is 2.68 bits per heavy atom. The number of rotatable bonds is 4. The lowest BCUT2D eigenvalue weighted by Crippen LogP contribution is -2.02. The minimum absolute atomic E-state index is 0.0669. The minimum atomic E-state index is 0.0669. The number of aliphatic imine (C=N–C) groups is 1. The third-order valence-corrected chi connectivity index (χ3v) is 4.67. The molecule has 0 unspecified atom stereocenters. The Morgan fingerprint density at radius 2 is 1.92 bits per heavy atom. The van der Waals surface area contributed by atoms with E-state index in [2.05, 4.69) is 33.3 Å². The SMILES string of the molecule is C/N=C1\CCc2cc(-c3cn(CCO)nc3-c3ccncc3)ccc21. The van der Waals surface area contributed by atoms with Crippen LogP contribution in [0.3, 0.4) is 0 Å². The Hall–Kier alpha value is -2.79. The largest absolute Gasteiger partial charge is 0.394 e. The first-order chi connectivity index (χ1) is 12.3. The lowest BCUT2D eigenvalue weighted by Gasteiger charge is -2.06. The maximum Gasteiger partial charge on any atom is 0.100 e. The van der Waals surface area contributed by atoms with Crippen molar-refractivity contribution < 1.29 is 5.11 Å². The number of hydrogen-bond acceptors (Lipinski definition) is 4. The van der Waals surface area contributed by atoms with E-state index >= 15 is 0 Å². The molecule has 0 bridgehead atoms. The Labute approximate surface area is 146 Å². The zero-order valence-corrected chi connectivity index (χ0v) is 14.2.